The van der Waals surface area contributed by atoms with Crippen LogP contribution in [0.1, 0.15) is 35.3 Å². The Balaban J connectivity index is 2.11. The highest BCUT2D eigenvalue weighted by atomic mass is 19.1. The Labute approximate surface area is 154 Å². The van der Waals surface area contributed by atoms with Crippen LogP contribution in [-0.2, 0) is 11.3 Å². The van der Waals surface area contributed by atoms with Crippen LogP contribution in [0.4, 0.5) is 4.39 Å². The van der Waals surface area contributed by atoms with Crippen LogP contribution in [0.3, 0.4) is 0 Å². The van der Waals surface area contributed by atoms with Gasteiger partial charge in [-0.2, -0.15) is 0 Å². The van der Waals surface area contributed by atoms with Gasteiger partial charge in [-0.3, -0.25) is 9.59 Å². The van der Waals surface area contributed by atoms with Crippen molar-refractivity contribution >= 4 is 11.8 Å². The molecule has 2 rings (SSSR count). The molecule has 4 nitrogen and oxygen atoms in total. The number of halogens is 1. The van der Waals surface area contributed by atoms with Gasteiger partial charge >= 0.3 is 0 Å². The number of likely N-dealkylation sites (N-methyl/N-ethyl adjacent to an activating group) is 1. The fourth-order valence-corrected chi connectivity index (χ4v) is 2.78. The molecule has 0 aliphatic carbocycles. The fourth-order valence-electron chi connectivity index (χ4n) is 2.78. The SMILES string of the molecule is Cc1ccccc1C(=O)N[C@@H](C(=O)N(C)Cc1cccc(F)c1)C(C)C. The molecule has 2 amide bonds. The second-order valence-electron chi connectivity index (χ2n) is 6.83. The molecule has 0 saturated carbocycles. The van der Waals surface area contributed by atoms with Gasteiger partial charge in [-0.1, -0.05) is 44.2 Å². The molecular weight excluding hydrogens is 331 g/mol. The molecular formula is C21H25FN2O2. The predicted octanol–water partition coefficient (Wildman–Crippen LogP) is 3.55. The lowest BCUT2D eigenvalue weighted by molar-refractivity contribution is -0.133. The summed E-state index contributed by atoms with van der Waals surface area (Å²) in [7, 11) is 1.66. The van der Waals surface area contributed by atoms with E-state index >= 15 is 0 Å². The van der Waals surface area contributed by atoms with Gasteiger partial charge in [-0.25, -0.2) is 4.39 Å². The maximum absolute atomic E-state index is 13.3. The minimum atomic E-state index is -0.652. The predicted molar refractivity (Wildman–Crippen MR) is 100 cm³/mol. The molecule has 0 bridgehead atoms. The molecule has 0 fully saturated rings. The minimum Gasteiger partial charge on any atom is -0.340 e. The van der Waals surface area contributed by atoms with E-state index in [1.165, 1.54) is 17.0 Å². The van der Waals surface area contributed by atoms with Crippen molar-refractivity contribution in [2.45, 2.75) is 33.4 Å². The van der Waals surface area contributed by atoms with Gasteiger partial charge in [0.25, 0.3) is 5.91 Å². The number of aryl methyl sites for hydroxylation is 1. The molecule has 0 aromatic heterocycles. The molecule has 1 atom stereocenters. The van der Waals surface area contributed by atoms with Gasteiger partial charge in [0.15, 0.2) is 0 Å². The summed E-state index contributed by atoms with van der Waals surface area (Å²) < 4.78 is 13.3. The van der Waals surface area contributed by atoms with Crippen LogP contribution in [0, 0.1) is 18.7 Å². The fraction of sp³-hybridized carbons (Fsp3) is 0.333. The molecule has 0 heterocycles. The van der Waals surface area contributed by atoms with E-state index in [-0.39, 0.29) is 30.1 Å². The highest BCUT2D eigenvalue weighted by molar-refractivity contribution is 5.98. The van der Waals surface area contributed by atoms with Crippen LogP contribution >= 0.6 is 0 Å². The van der Waals surface area contributed by atoms with Gasteiger partial charge in [-0.15, -0.1) is 0 Å². The summed E-state index contributed by atoms with van der Waals surface area (Å²) in [5.74, 6) is -0.887. The number of rotatable bonds is 6. The van der Waals surface area contributed by atoms with Crippen LogP contribution in [-0.4, -0.2) is 29.8 Å². The van der Waals surface area contributed by atoms with Crippen LogP contribution in [0.15, 0.2) is 48.5 Å². The number of carbonyl (C=O) groups excluding carboxylic acids is 2. The normalized spacial score (nSPS) is 11.9. The van der Waals surface area contributed by atoms with Crippen LogP contribution in [0.25, 0.3) is 0 Å². The second-order valence-corrected chi connectivity index (χ2v) is 6.83. The largest absolute Gasteiger partial charge is 0.340 e. The topological polar surface area (TPSA) is 49.4 Å². The smallest absolute Gasteiger partial charge is 0.252 e. The molecule has 26 heavy (non-hydrogen) atoms. The minimum absolute atomic E-state index is 0.0783. The highest BCUT2D eigenvalue weighted by Gasteiger charge is 2.27. The van der Waals surface area contributed by atoms with E-state index < -0.39 is 6.04 Å². The summed E-state index contributed by atoms with van der Waals surface area (Å²) in [6.07, 6.45) is 0. The van der Waals surface area contributed by atoms with E-state index in [1.54, 1.807) is 31.3 Å². The molecule has 0 spiro atoms. The molecule has 0 unspecified atom stereocenters. The van der Waals surface area contributed by atoms with Crippen molar-refractivity contribution in [1.82, 2.24) is 10.2 Å². The van der Waals surface area contributed by atoms with Gasteiger partial charge in [0, 0.05) is 19.2 Å². The van der Waals surface area contributed by atoms with Crippen LogP contribution < -0.4 is 5.32 Å². The third-order valence-corrected chi connectivity index (χ3v) is 4.29. The summed E-state index contributed by atoms with van der Waals surface area (Å²) in [5, 5.41) is 2.85. The van der Waals surface area contributed by atoms with Crippen molar-refractivity contribution in [3.05, 3.63) is 71.0 Å². The number of nitrogens with zero attached hydrogens (tertiary/aromatic N) is 1. The molecule has 0 aliphatic rings. The van der Waals surface area contributed by atoms with Crippen molar-refractivity contribution in [1.29, 1.82) is 0 Å². The maximum atomic E-state index is 13.3. The number of hydrogen-bond donors (Lipinski definition) is 1. The summed E-state index contributed by atoms with van der Waals surface area (Å²) in [5.41, 5.74) is 2.11. The third-order valence-electron chi connectivity index (χ3n) is 4.29. The number of hydrogen-bond acceptors (Lipinski definition) is 2. The molecule has 2 aromatic carbocycles. The van der Waals surface area contributed by atoms with Crippen molar-refractivity contribution in [2.75, 3.05) is 7.05 Å². The summed E-state index contributed by atoms with van der Waals surface area (Å²) >= 11 is 0. The molecule has 5 heteroatoms. The van der Waals surface area contributed by atoms with E-state index in [1.807, 2.05) is 32.9 Å². The Morgan fingerprint density at radius 3 is 2.42 bits per heavy atom. The number of benzene rings is 2. The van der Waals surface area contributed by atoms with Gasteiger partial charge in [0.05, 0.1) is 0 Å². The third kappa shape index (κ3) is 4.91. The quantitative estimate of drug-likeness (QED) is 0.861. The molecule has 138 valence electrons. The summed E-state index contributed by atoms with van der Waals surface area (Å²) in [4.78, 5) is 26.9. The van der Waals surface area contributed by atoms with Crippen LogP contribution in [0.2, 0.25) is 0 Å². The van der Waals surface area contributed by atoms with E-state index in [4.69, 9.17) is 0 Å². The molecule has 0 aliphatic heterocycles. The zero-order chi connectivity index (χ0) is 19.3. The maximum Gasteiger partial charge on any atom is 0.252 e. The van der Waals surface area contributed by atoms with Crippen molar-refractivity contribution < 1.29 is 14.0 Å². The molecule has 1 N–H and O–H groups in total. The molecule has 0 saturated heterocycles. The number of carbonyl (C=O) groups is 2. The average Bonchev–Trinajstić information content (AvgIpc) is 2.59. The average molecular weight is 356 g/mol. The first-order valence-electron chi connectivity index (χ1n) is 8.65. The van der Waals surface area contributed by atoms with Crippen molar-refractivity contribution in [2.24, 2.45) is 5.92 Å². The Hall–Kier alpha value is -2.69. The second kappa shape index (κ2) is 8.61. The summed E-state index contributed by atoms with van der Waals surface area (Å²) in [6.45, 7) is 5.91. The Morgan fingerprint density at radius 2 is 1.81 bits per heavy atom. The van der Waals surface area contributed by atoms with Gasteiger partial charge in [0.1, 0.15) is 11.9 Å². The number of nitrogens with one attached hydrogen (secondary N) is 1. The lowest BCUT2D eigenvalue weighted by atomic mass is 10.0. The van der Waals surface area contributed by atoms with Crippen molar-refractivity contribution in [3.63, 3.8) is 0 Å². The first kappa shape index (κ1) is 19.6. The van der Waals surface area contributed by atoms with Gasteiger partial charge in [-0.05, 0) is 42.2 Å². The summed E-state index contributed by atoms with van der Waals surface area (Å²) in [6, 6.07) is 12.8. The van der Waals surface area contributed by atoms with E-state index in [9.17, 15) is 14.0 Å². The van der Waals surface area contributed by atoms with E-state index in [0.717, 1.165) is 5.56 Å². The first-order valence-corrected chi connectivity index (χ1v) is 8.65. The number of amides is 2. The Morgan fingerprint density at radius 1 is 1.12 bits per heavy atom. The molecule has 0 radical (unpaired) electrons. The zero-order valence-electron chi connectivity index (χ0n) is 15.6. The molecule has 2 aromatic rings. The first-order chi connectivity index (χ1) is 12.3. The highest BCUT2D eigenvalue weighted by Crippen LogP contribution is 2.13. The lowest BCUT2D eigenvalue weighted by Crippen LogP contribution is -2.50. The van der Waals surface area contributed by atoms with Crippen LogP contribution in [0.5, 0.6) is 0 Å². The Kier molecular flexibility index (Phi) is 6.50. The monoisotopic (exact) mass is 356 g/mol. The Bertz CT molecular complexity index is 789. The lowest BCUT2D eigenvalue weighted by Gasteiger charge is -2.27. The van der Waals surface area contributed by atoms with Crippen molar-refractivity contribution in [3.8, 4) is 0 Å². The van der Waals surface area contributed by atoms with Gasteiger partial charge in [0.2, 0.25) is 5.91 Å². The van der Waals surface area contributed by atoms with Gasteiger partial charge < -0.3 is 10.2 Å². The zero-order valence-corrected chi connectivity index (χ0v) is 15.6. The standard InChI is InChI=1S/C21H25FN2O2/c1-14(2)19(23-20(25)18-11-6-5-8-15(18)3)21(26)24(4)13-16-9-7-10-17(22)12-16/h5-12,14,19H,13H2,1-4H3,(H,23,25)/t19-/m1/s1. The van der Waals surface area contributed by atoms with E-state index in [2.05, 4.69) is 5.32 Å². The van der Waals surface area contributed by atoms with E-state index in [0.29, 0.717) is 11.1 Å².